The van der Waals surface area contributed by atoms with Crippen LogP contribution >= 0.6 is 0 Å². The number of rotatable bonds is 5. The molecule has 3 fully saturated rings. The van der Waals surface area contributed by atoms with Crippen LogP contribution < -0.4 is 0 Å². The Labute approximate surface area is 166 Å². The molecule has 0 N–H and O–H groups in total. The molecule has 0 amide bonds. The largest absolute Gasteiger partial charge is 0.459 e. The zero-order valence-corrected chi connectivity index (χ0v) is 18.0. The van der Waals surface area contributed by atoms with Crippen LogP contribution in [0, 0.1) is 5.41 Å². The summed E-state index contributed by atoms with van der Waals surface area (Å²) >= 11 is 0. The summed E-state index contributed by atoms with van der Waals surface area (Å²) in [6.45, 7) is 16.0. The standard InChI is InChI=1S/C22H41N3O2/c1-21(2,3)27-20(26)19-25-15-9-22(10-16-25)7-13-24(14-8-22)18-17-23-11-5-4-6-12-23/h4-19H2,1-3H3. The number of carbonyl (C=O) groups is 1. The minimum absolute atomic E-state index is 0.0778. The fourth-order valence-electron chi connectivity index (χ4n) is 4.96. The third-order valence-electron chi connectivity index (χ3n) is 6.79. The average Bonchev–Trinajstić information content (AvgIpc) is 2.63. The Kier molecular flexibility index (Phi) is 7.20. The molecular weight excluding hydrogens is 338 g/mol. The highest BCUT2D eigenvalue weighted by atomic mass is 16.6. The van der Waals surface area contributed by atoms with Crippen molar-refractivity contribution < 1.29 is 9.53 Å². The Morgan fingerprint density at radius 1 is 0.778 bits per heavy atom. The number of nitrogens with zero attached hydrogens (tertiary/aromatic N) is 3. The zero-order valence-electron chi connectivity index (χ0n) is 18.0. The van der Waals surface area contributed by atoms with E-state index in [1.54, 1.807) is 0 Å². The lowest BCUT2D eigenvalue weighted by Gasteiger charge is -2.47. The molecule has 156 valence electrons. The number of esters is 1. The molecule has 1 spiro atoms. The lowest BCUT2D eigenvalue weighted by molar-refractivity contribution is -0.156. The second kappa shape index (κ2) is 9.23. The van der Waals surface area contributed by atoms with E-state index in [1.807, 2.05) is 20.8 Å². The topological polar surface area (TPSA) is 36.0 Å². The van der Waals surface area contributed by atoms with Crippen LogP contribution in [0.2, 0.25) is 0 Å². The summed E-state index contributed by atoms with van der Waals surface area (Å²) in [6, 6.07) is 0. The molecule has 0 aromatic carbocycles. The van der Waals surface area contributed by atoms with Crippen LogP contribution in [-0.2, 0) is 9.53 Å². The van der Waals surface area contributed by atoms with Gasteiger partial charge in [0.25, 0.3) is 0 Å². The first kappa shape index (κ1) is 21.1. The van der Waals surface area contributed by atoms with Crippen molar-refractivity contribution in [3.05, 3.63) is 0 Å². The van der Waals surface area contributed by atoms with E-state index in [1.165, 1.54) is 84.2 Å². The molecule has 0 saturated carbocycles. The monoisotopic (exact) mass is 379 g/mol. The fourth-order valence-corrected chi connectivity index (χ4v) is 4.96. The third-order valence-corrected chi connectivity index (χ3v) is 6.79. The molecule has 5 heteroatoms. The van der Waals surface area contributed by atoms with Gasteiger partial charge in [-0.05, 0) is 104 Å². The van der Waals surface area contributed by atoms with Gasteiger partial charge in [0, 0.05) is 13.1 Å². The van der Waals surface area contributed by atoms with Crippen LogP contribution in [0.15, 0.2) is 0 Å². The van der Waals surface area contributed by atoms with Crippen LogP contribution in [-0.4, -0.2) is 85.2 Å². The van der Waals surface area contributed by atoms with Gasteiger partial charge in [0.15, 0.2) is 0 Å². The molecule has 3 rings (SSSR count). The van der Waals surface area contributed by atoms with E-state index in [0.717, 1.165) is 13.1 Å². The Bertz CT molecular complexity index is 464. The van der Waals surface area contributed by atoms with Gasteiger partial charge in [0.05, 0.1) is 6.54 Å². The summed E-state index contributed by atoms with van der Waals surface area (Å²) in [5.41, 5.74) is 0.154. The minimum Gasteiger partial charge on any atom is -0.459 e. The number of ether oxygens (including phenoxy) is 1. The molecule has 0 bridgehead atoms. The predicted molar refractivity (Wildman–Crippen MR) is 110 cm³/mol. The van der Waals surface area contributed by atoms with Gasteiger partial charge in [-0.1, -0.05) is 6.42 Å². The highest BCUT2D eigenvalue weighted by Crippen LogP contribution is 2.41. The van der Waals surface area contributed by atoms with E-state index in [9.17, 15) is 4.79 Å². The van der Waals surface area contributed by atoms with Gasteiger partial charge in [-0.2, -0.15) is 0 Å². The quantitative estimate of drug-likeness (QED) is 0.686. The Morgan fingerprint density at radius 3 is 1.78 bits per heavy atom. The van der Waals surface area contributed by atoms with E-state index in [0.29, 0.717) is 12.0 Å². The molecule has 27 heavy (non-hydrogen) atoms. The number of hydrogen-bond donors (Lipinski definition) is 0. The highest BCUT2D eigenvalue weighted by Gasteiger charge is 2.38. The van der Waals surface area contributed by atoms with Crippen molar-refractivity contribution in [1.82, 2.24) is 14.7 Å². The Hall–Kier alpha value is -0.650. The Morgan fingerprint density at radius 2 is 1.26 bits per heavy atom. The molecule has 3 aliphatic heterocycles. The summed E-state index contributed by atoms with van der Waals surface area (Å²) in [6.07, 6.45) is 9.38. The van der Waals surface area contributed by atoms with Gasteiger partial charge < -0.3 is 14.5 Å². The molecule has 5 nitrogen and oxygen atoms in total. The molecular formula is C22H41N3O2. The second-order valence-corrected chi connectivity index (χ2v) is 10.1. The van der Waals surface area contributed by atoms with E-state index in [2.05, 4.69) is 14.7 Å². The third kappa shape index (κ3) is 6.72. The van der Waals surface area contributed by atoms with Gasteiger partial charge in [-0.15, -0.1) is 0 Å². The average molecular weight is 380 g/mol. The van der Waals surface area contributed by atoms with Crippen molar-refractivity contribution in [2.75, 3.05) is 58.9 Å². The molecule has 3 saturated heterocycles. The van der Waals surface area contributed by atoms with Crippen LogP contribution in [0.25, 0.3) is 0 Å². The van der Waals surface area contributed by atoms with E-state index >= 15 is 0 Å². The van der Waals surface area contributed by atoms with Crippen LogP contribution in [0.4, 0.5) is 0 Å². The smallest absolute Gasteiger partial charge is 0.320 e. The first-order chi connectivity index (χ1) is 12.8. The van der Waals surface area contributed by atoms with Gasteiger partial charge in [-0.3, -0.25) is 9.69 Å². The van der Waals surface area contributed by atoms with Crippen molar-refractivity contribution in [2.24, 2.45) is 5.41 Å². The van der Waals surface area contributed by atoms with Gasteiger partial charge in [0.2, 0.25) is 0 Å². The summed E-state index contributed by atoms with van der Waals surface area (Å²) in [5, 5.41) is 0. The minimum atomic E-state index is -0.380. The second-order valence-electron chi connectivity index (χ2n) is 10.1. The summed E-state index contributed by atoms with van der Waals surface area (Å²) in [5.74, 6) is -0.0778. The van der Waals surface area contributed by atoms with Crippen molar-refractivity contribution in [2.45, 2.75) is 71.3 Å². The number of piperidine rings is 3. The molecule has 0 atom stereocenters. The van der Waals surface area contributed by atoms with Gasteiger partial charge >= 0.3 is 5.97 Å². The van der Waals surface area contributed by atoms with Crippen LogP contribution in [0.5, 0.6) is 0 Å². The predicted octanol–water partition coefficient (Wildman–Crippen LogP) is 2.99. The first-order valence-electron chi connectivity index (χ1n) is 11.2. The molecule has 3 aliphatic rings. The van der Waals surface area contributed by atoms with E-state index in [4.69, 9.17) is 4.74 Å². The van der Waals surface area contributed by atoms with E-state index < -0.39 is 0 Å². The normalized spacial score (nSPS) is 25.6. The summed E-state index contributed by atoms with van der Waals surface area (Å²) < 4.78 is 5.48. The Balaban J connectivity index is 1.34. The van der Waals surface area contributed by atoms with Gasteiger partial charge in [-0.25, -0.2) is 0 Å². The number of carbonyl (C=O) groups excluding carboxylic acids is 1. The molecule has 0 aromatic rings. The lowest BCUT2D eigenvalue weighted by atomic mass is 9.71. The van der Waals surface area contributed by atoms with Gasteiger partial charge in [0.1, 0.15) is 5.60 Å². The van der Waals surface area contributed by atoms with Crippen molar-refractivity contribution >= 4 is 5.97 Å². The molecule has 3 heterocycles. The maximum Gasteiger partial charge on any atom is 0.320 e. The van der Waals surface area contributed by atoms with Crippen LogP contribution in [0.3, 0.4) is 0 Å². The number of hydrogen-bond acceptors (Lipinski definition) is 5. The zero-order chi connectivity index (χ0) is 19.3. The molecule has 0 radical (unpaired) electrons. The maximum atomic E-state index is 12.1. The van der Waals surface area contributed by atoms with E-state index in [-0.39, 0.29) is 11.6 Å². The van der Waals surface area contributed by atoms with Crippen molar-refractivity contribution in [3.63, 3.8) is 0 Å². The fraction of sp³-hybridized carbons (Fsp3) is 0.955. The maximum absolute atomic E-state index is 12.1. The summed E-state index contributed by atoms with van der Waals surface area (Å²) in [7, 11) is 0. The highest BCUT2D eigenvalue weighted by molar-refractivity contribution is 5.72. The molecule has 0 aromatic heterocycles. The first-order valence-corrected chi connectivity index (χ1v) is 11.2. The SMILES string of the molecule is CC(C)(C)OC(=O)CN1CCC2(CCN(CCN3CCCCC3)CC2)CC1. The molecule has 0 aliphatic carbocycles. The van der Waals surface area contributed by atoms with Crippen molar-refractivity contribution in [3.8, 4) is 0 Å². The summed E-state index contributed by atoms with van der Waals surface area (Å²) in [4.78, 5) is 19.7. The number of likely N-dealkylation sites (tertiary alicyclic amines) is 3. The van der Waals surface area contributed by atoms with Crippen molar-refractivity contribution in [1.29, 1.82) is 0 Å². The van der Waals surface area contributed by atoms with Crippen LogP contribution in [0.1, 0.15) is 65.7 Å². The molecule has 0 unspecified atom stereocenters. The lowest BCUT2D eigenvalue weighted by Crippen LogP contribution is -2.49.